The topological polar surface area (TPSA) is 39.7 Å². The zero-order valence-electron chi connectivity index (χ0n) is 7.53. The largest absolute Gasteiger partial charge is 0.336 e. The van der Waals surface area contributed by atoms with E-state index in [0.717, 1.165) is 12.5 Å². The SMILES string of the molecule is [C]1NC(C2CCC2)CN2C=NNC12. The zero-order chi connectivity index (χ0) is 8.67. The maximum atomic E-state index is 4.01. The van der Waals surface area contributed by atoms with Crippen LogP contribution in [0.2, 0.25) is 0 Å². The van der Waals surface area contributed by atoms with Crippen LogP contribution in [0.1, 0.15) is 19.3 Å². The quantitative estimate of drug-likeness (QED) is 0.592. The molecule has 4 nitrogen and oxygen atoms in total. The molecule has 3 aliphatic rings. The van der Waals surface area contributed by atoms with Gasteiger partial charge in [-0.3, -0.25) is 10.7 Å². The van der Waals surface area contributed by atoms with Crippen LogP contribution in [-0.4, -0.2) is 30.0 Å². The van der Waals surface area contributed by atoms with E-state index in [4.69, 9.17) is 0 Å². The number of hydrogen-bond acceptors (Lipinski definition) is 4. The molecule has 1 saturated heterocycles. The number of hydrogen-bond donors (Lipinski definition) is 2. The van der Waals surface area contributed by atoms with Gasteiger partial charge in [-0.25, -0.2) is 0 Å². The highest BCUT2D eigenvalue weighted by Gasteiger charge is 2.35. The molecule has 2 aliphatic heterocycles. The highest BCUT2D eigenvalue weighted by Crippen LogP contribution is 2.31. The van der Waals surface area contributed by atoms with Gasteiger partial charge in [0, 0.05) is 12.6 Å². The third-order valence-electron chi connectivity index (χ3n) is 3.27. The van der Waals surface area contributed by atoms with Crippen LogP contribution in [0.25, 0.3) is 0 Å². The van der Waals surface area contributed by atoms with Crippen molar-refractivity contribution in [2.24, 2.45) is 11.0 Å². The van der Waals surface area contributed by atoms with E-state index in [9.17, 15) is 0 Å². The molecule has 3 rings (SSSR count). The molecule has 0 amide bonds. The summed E-state index contributed by atoms with van der Waals surface area (Å²) < 4.78 is 0. The third kappa shape index (κ3) is 1.20. The van der Waals surface area contributed by atoms with Gasteiger partial charge in [0.05, 0.1) is 0 Å². The van der Waals surface area contributed by atoms with E-state index in [1.807, 2.05) is 6.34 Å². The highest BCUT2D eigenvalue weighted by molar-refractivity contribution is 5.57. The van der Waals surface area contributed by atoms with Gasteiger partial charge < -0.3 is 4.90 Å². The van der Waals surface area contributed by atoms with Crippen molar-refractivity contribution in [1.29, 1.82) is 0 Å². The maximum absolute atomic E-state index is 4.01. The van der Waals surface area contributed by atoms with Gasteiger partial charge in [0.1, 0.15) is 19.0 Å². The molecule has 4 heteroatoms. The van der Waals surface area contributed by atoms with Crippen molar-refractivity contribution < 1.29 is 0 Å². The molecule has 0 spiro atoms. The van der Waals surface area contributed by atoms with Crippen molar-refractivity contribution in [3.05, 3.63) is 6.54 Å². The second-order valence-corrected chi connectivity index (χ2v) is 4.06. The molecule has 1 saturated carbocycles. The normalized spacial score (nSPS) is 38.3. The number of rotatable bonds is 1. The lowest BCUT2D eigenvalue weighted by Gasteiger charge is -2.41. The molecule has 2 unspecified atom stereocenters. The standard InChI is InChI=1S/C9H14N4/c1-2-7(3-1)8-5-13-6-11-12-9(13)4-10-8/h6-10,12H,1-3,5H2. The fourth-order valence-electron chi connectivity index (χ4n) is 2.15. The molecule has 2 N–H and O–H groups in total. The van der Waals surface area contributed by atoms with Crippen molar-refractivity contribution in [2.75, 3.05) is 6.54 Å². The van der Waals surface area contributed by atoms with Crippen LogP contribution < -0.4 is 10.7 Å². The Hall–Kier alpha value is -0.770. The first-order valence-corrected chi connectivity index (χ1v) is 4.99. The fourth-order valence-corrected chi connectivity index (χ4v) is 2.15. The highest BCUT2D eigenvalue weighted by atomic mass is 15.5. The third-order valence-corrected chi connectivity index (χ3v) is 3.27. The lowest BCUT2D eigenvalue weighted by Crippen LogP contribution is -2.57. The Kier molecular flexibility index (Phi) is 1.68. The van der Waals surface area contributed by atoms with Gasteiger partial charge >= 0.3 is 0 Å². The van der Waals surface area contributed by atoms with E-state index in [2.05, 4.69) is 27.3 Å². The first kappa shape index (κ1) is 7.62. The number of nitrogens with one attached hydrogen (secondary N) is 2. The number of hydrazone groups is 1. The van der Waals surface area contributed by atoms with E-state index < -0.39 is 0 Å². The van der Waals surface area contributed by atoms with Crippen LogP contribution in [0.15, 0.2) is 5.10 Å². The van der Waals surface area contributed by atoms with Crippen LogP contribution in [-0.2, 0) is 0 Å². The van der Waals surface area contributed by atoms with Crippen molar-refractivity contribution in [2.45, 2.75) is 31.5 Å². The van der Waals surface area contributed by atoms with Crippen LogP contribution in [0.4, 0.5) is 0 Å². The van der Waals surface area contributed by atoms with Gasteiger partial charge in [-0.05, 0) is 18.8 Å². The number of piperazine rings is 1. The molecule has 0 aromatic heterocycles. The van der Waals surface area contributed by atoms with E-state index in [-0.39, 0.29) is 6.17 Å². The van der Waals surface area contributed by atoms with Crippen molar-refractivity contribution in [1.82, 2.24) is 15.6 Å². The minimum atomic E-state index is 0.163. The Balaban J connectivity index is 1.63. The molecule has 0 bridgehead atoms. The first-order chi connectivity index (χ1) is 6.43. The van der Waals surface area contributed by atoms with Gasteiger partial charge in [-0.2, -0.15) is 5.10 Å². The summed E-state index contributed by atoms with van der Waals surface area (Å²) in [5.74, 6) is 0.863. The lowest BCUT2D eigenvalue weighted by atomic mass is 9.79. The fraction of sp³-hybridized carbons (Fsp3) is 0.778. The summed E-state index contributed by atoms with van der Waals surface area (Å²) in [7, 11) is 0. The monoisotopic (exact) mass is 178 g/mol. The Morgan fingerprint density at radius 2 is 2.38 bits per heavy atom. The molecule has 0 aromatic carbocycles. The van der Waals surface area contributed by atoms with Gasteiger partial charge in [0.25, 0.3) is 0 Å². The smallest absolute Gasteiger partial charge is 0.138 e. The molecule has 13 heavy (non-hydrogen) atoms. The molecule has 2 heterocycles. The summed E-state index contributed by atoms with van der Waals surface area (Å²) in [5.41, 5.74) is 2.98. The summed E-state index contributed by atoms with van der Waals surface area (Å²) in [6.07, 6.45) is 6.20. The van der Waals surface area contributed by atoms with Gasteiger partial charge in [0.15, 0.2) is 0 Å². The molecular formula is C9H14N4. The van der Waals surface area contributed by atoms with Crippen molar-refractivity contribution in [3.8, 4) is 0 Å². The summed E-state index contributed by atoms with van der Waals surface area (Å²) in [4.78, 5) is 2.21. The summed E-state index contributed by atoms with van der Waals surface area (Å²) in [6, 6.07) is 0.594. The van der Waals surface area contributed by atoms with Crippen molar-refractivity contribution >= 4 is 6.34 Å². The van der Waals surface area contributed by atoms with Crippen LogP contribution in [0.3, 0.4) is 0 Å². The minimum Gasteiger partial charge on any atom is -0.336 e. The van der Waals surface area contributed by atoms with Crippen LogP contribution in [0.5, 0.6) is 0 Å². The summed E-state index contributed by atoms with van der Waals surface area (Å²) >= 11 is 0. The number of nitrogens with zero attached hydrogens (tertiary/aromatic N) is 2. The Bertz CT molecular complexity index is 224. The maximum Gasteiger partial charge on any atom is 0.138 e. The Morgan fingerprint density at radius 1 is 1.46 bits per heavy atom. The second kappa shape index (κ2) is 2.87. The Morgan fingerprint density at radius 3 is 3.15 bits per heavy atom. The molecule has 2 atom stereocenters. The number of fused-ring (bicyclic) bond motifs is 1. The predicted octanol–water partition coefficient (Wildman–Crippen LogP) is -0.0283. The van der Waals surface area contributed by atoms with Crippen molar-refractivity contribution in [3.63, 3.8) is 0 Å². The predicted molar refractivity (Wildman–Crippen MR) is 49.6 cm³/mol. The van der Waals surface area contributed by atoms with Gasteiger partial charge in [-0.15, -0.1) is 0 Å². The molecule has 2 fully saturated rings. The molecule has 70 valence electrons. The average molecular weight is 178 g/mol. The Labute approximate surface area is 78.4 Å². The van der Waals surface area contributed by atoms with Gasteiger partial charge in [-0.1, -0.05) is 6.42 Å². The summed E-state index contributed by atoms with van der Waals surface area (Å²) in [6.45, 7) is 4.29. The molecule has 0 aromatic rings. The lowest BCUT2D eigenvalue weighted by molar-refractivity contribution is 0.156. The van der Waals surface area contributed by atoms with Crippen LogP contribution >= 0.6 is 0 Å². The minimum absolute atomic E-state index is 0.163. The second-order valence-electron chi connectivity index (χ2n) is 4.06. The first-order valence-electron chi connectivity index (χ1n) is 4.99. The molecule has 2 radical (unpaired) electrons. The molecular weight excluding hydrogens is 164 g/mol. The van der Waals surface area contributed by atoms with E-state index in [1.54, 1.807) is 0 Å². The van der Waals surface area contributed by atoms with Gasteiger partial charge in [0.2, 0.25) is 0 Å². The zero-order valence-corrected chi connectivity index (χ0v) is 7.53. The average Bonchev–Trinajstić information content (AvgIpc) is 2.47. The van der Waals surface area contributed by atoms with E-state index >= 15 is 0 Å². The molecule has 1 aliphatic carbocycles. The summed E-state index contributed by atoms with van der Waals surface area (Å²) in [5, 5.41) is 7.37. The van der Waals surface area contributed by atoms with E-state index in [0.29, 0.717) is 6.04 Å². The van der Waals surface area contributed by atoms with E-state index in [1.165, 1.54) is 19.3 Å². The van der Waals surface area contributed by atoms with Crippen LogP contribution in [0, 0.1) is 12.5 Å².